The van der Waals surface area contributed by atoms with Crippen molar-refractivity contribution in [3.05, 3.63) is 94.6 Å². The van der Waals surface area contributed by atoms with Gasteiger partial charge in [-0.25, -0.2) is 8.78 Å². The molecule has 0 bridgehead atoms. The van der Waals surface area contributed by atoms with Gasteiger partial charge in [-0.2, -0.15) is 13.2 Å². The first kappa shape index (κ1) is 22.6. The van der Waals surface area contributed by atoms with Crippen LogP contribution in [0.5, 0.6) is 0 Å². The van der Waals surface area contributed by atoms with Crippen molar-refractivity contribution in [3.8, 4) is 23.0 Å². The zero-order valence-electron chi connectivity index (χ0n) is 17.0. The highest BCUT2D eigenvalue weighted by molar-refractivity contribution is 5.68. The van der Waals surface area contributed by atoms with Gasteiger partial charge in [-0.05, 0) is 42.2 Å². The van der Waals surface area contributed by atoms with E-state index in [1.807, 2.05) is 12.1 Å². The quantitative estimate of drug-likeness (QED) is 0.221. The largest absolute Gasteiger partial charge is 0.420 e. The molecule has 0 saturated heterocycles. The molecular formula is C26H21F5. The van der Waals surface area contributed by atoms with Gasteiger partial charge < -0.3 is 0 Å². The number of aryl methyl sites for hydroxylation is 1. The number of rotatable bonds is 5. The maximum Gasteiger partial charge on any atom is 0.420 e. The minimum atomic E-state index is -5.09. The number of halogens is 5. The summed E-state index contributed by atoms with van der Waals surface area (Å²) in [4.78, 5) is 0. The smallest absolute Gasteiger partial charge is 0.206 e. The van der Waals surface area contributed by atoms with Crippen LogP contribution in [0.3, 0.4) is 0 Å². The maximum atomic E-state index is 14.9. The molecule has 5 heteroatoms. The third-order valence-corrected chi connectivity index (χ3v) is 4.94. The van der Waals surface area contributed by atoms with Gasteiger partial charge in [0, 0.05) is 11.1 Å². The van der Waals surface area contributed by atoms with Crippen LogP contribution in [-0.4, -0.2) is 0 Å². The lowest BCUT2D eigenvalue weighted by Crippen LogP contribution is -2.13. The predicted octanol–water partition coefficient (Wildman–Crippen LogP) is 7.78. The standard InChI is InChI=1S/C26H21F5/c1-2-3-5-8-18-11-13-19(14-12-18)15-16-21-23(27)17-22(20-9-6-4-7-10-20)25(28)24(21)26(29,30)31/h4,6-7,9-14,17H,2-3,5,8H2,1H3. The zero-order valence-corrected chi connectivity index (χ0v) is 17.0. The first-order chi connectivity index (χ1) is 14.8. The van der Waals surface area contributed by atoms with Gasteiger partial charge >= 0.3 is 6.18 Å². The molecule has 160 valence electrons. The fourth-order valence-corrected chi connectivity index (χ4v) is 3.31. The highest BCUT2D eigenvalue weighted by atomic mass is 19.4. The van der Waals surface area contributed by atoms with E-state index in [1.165, 1.54) is 12.1 Å². The number of hydrogen-bond donors (Lipinski definition) is 0. The van der Waals surface area contributed by atoms with E-state index in [1.54, 1.807) is 30.3 Å². The van der Waals surface area contributed by atoms with Gasteiger partial charge in [0.2, 0.25) is 0 Å². The van der Waals surface area contributed by atoms with E-state index in [-0.39, 0.29) is 5.56 Å². The fraction of sp³-hybridized carbons (Fsp3) is 0.231. The molecule has 3 aromatic carbocycles. The van der Waals surface area contributed by atoms with Crippen LogP contribution in [0.2, 0.25) is 0 Å². The number of unbranched alkanes of at least 4 members (excludes halogenated alkanes) is 2. The Hall–Kier alpha value is -3.13. The molecule has 0 unspecified atom stereocenters. The number of hydrogen-bond acceptors (Lipinski definition) is 0. The molecule has 0 nitrogen and oxygen atoms in total. The summed E-state index contributed by atoms with van der Waals surface area (Å²) in [6.45, 7) is 2.11. The maximum absolute atomic E-state index is 14.9. The van der Waals surface area contributed by atoms with Gasteiger partial charge in [-0.15, -0.1) is 0 Å². The van der Waals surface area contributed by atoms with Crippen molar-refractivity contribution in [3.63, 3.8) is 0 Å². The molecule has 0 aromatic heterocycles. The Morgan fingerprint density at radius 1 is 0.839 bits per heavy atom. The molecule has 0 saturated carbocycles. The van der Waals surface area contributed by atoms with Crippen LogP contribution in [0.1, 0.15) is 48.4 Å². The van der Waals surface area contributed by atoms with Crippen molar-refractivity contribution >= 4 is 0 Å². The number of benzene rings is 3. The van der Waals surface area contributed by atoms with Crippen LogP contribution in [0.25, 0.3) is 11.1 Å². The van der Waals surface area contributed by atoms with Crippen molar-refractivity contribution < 1.29 is 22.0 Å². The summed E-state index contributed by atoms with van der Waals surface area (Å²) in [5.74, 6) is 2.01. The average molecular weight is 428 g/mol. The van der Waals surface area contributed by atoms with E-state index in [2.05, 4.69) is 18.8 Å². The van der Waals surface area contributed by atoms with Crippen molar-refractivity contribution in [1.82, 2.24) is 0 Å². The molecule has 0 N–H and O–H groups in total. The Balaban J connectivity index is 2.00. The molecule has 3 rings (SSSR count). The van der Waals surface area contributed by atoms with Gasteiger partial charge in [0.05, 0.1) is 5.56 Å². The zero-order chi connectivity index (χ0) is 22.4. The van der Waals surface area contributed by atoms with E-state index in [4.69, 9.17) is 0 Å². The predicted molar refractivity (Wildman–Crippen MR) is 112 cm³/mol. The molecule has 0 heterocycles. The third-order valence-electron chi connectivity index (χ3n) is 4.94. The van der Waals surface area contributed by atoms with Crippen molar-refractivity contribution in [2.45, 2.75) is 38.8 Å². The monoisotopic (exact) mass is 428 g/mol. The Morgan fingerprint density at radius 2 is 1.52 bits per heavy atom. The van der Waals surface area contributed by atoms with Crippen LogP contribution in [-0.2, 0) is 12.6 Å². The summed E-state index contributed by atoms with van der Waals surface area (Å²) in [7, 11) is 0. The molecule has 0 radical (unpaired) electrons. The summed E-state index contributed by atoms with van der Waals surface area (Å²) in [5.41, 5.74) is -1.44. The SMILES string of the molecule is CCCCCc1ccc(C#Cc2c(F)cc(-c3ccccc3)c(F)c2C(F)(F)F)cc1. The topological polar surface area (TPSA) is 0 Å². The molecule has 31 heavy (non-hydrogen) atoms. The minimum Gasteiger partial charge on any atom is -0.206 e. The van der Waals surface area contributed by atoms with E-state index in [0.29, 0.717) is 5.56 Å². The molecule has 0 aliphatic rings. The Labute approximate surface area is 178 Å². The van der Waals surface area contributed by atoms with E-state index in [0.717, 1.165) is 37.3 Å². The highest BCUT2D eigenvalue weighted by Gasteiger charge is 2.39. The molecule has 0 amide bonds. The third kappa shape index (κ3) is 5.52. The van der Waals surface area contributed by atoms with E-state index < -0.39 is 34.5 Å². The molecule has 0 atom stereocenters. The van der Waals surface area contributed by atoms with Crippen LogP contribution in [0.4, 0.5) is 22.0 Å². The normalized spacial score (nSPS) is 11.2. The summed E-state index contributed by atoms with van der Waals surface area (Å²) < 4.78 is 70.5. The van der Waals surface area contributed by atoms with Gasteiger partial charge in [-0.1, -0.05) is 74.1 Å². The number of alkyl halides is 3. The lowest BCUT2D eigenvalue weighted by molar-refractivity contribution is -0.140. The summed E-state index contributed by atoms with van der Waals surface area (Å²) in [6, 6.07) is 15.4. The van der Waals surface area contributed by atoms with E-state index >= 15 is 0 Å². The van der Waals surface area contributed by atoms with Crippen molar-refractivity contribution in [2.75, 3.05) is 0 Å². The molecular weight excluding hydrogens is 407 g/mol. The first-order valence-electron chi connectivity index (χ1n) is 10.1. The van der Waals surface area contributed by atoms with Crippen LogP contribution < -0.4 is 0 Å². The Morgan fingerprint density at radius 3 is 2.13 bits per heavy atom. The van der Waals surface area contributed by atoms with Crippen LogP contribution >= 0.6 is 0 Å². The molecule has 0 aliphatic carbocycles. The molecule has 0 fully saturated rings. The van der Waals surface area contributed by atoms with Gasteiger partial charge in [0.25, 0.3) is 0 Å². The Bertz CT molecular complexity index is 1090. The second kappa shape index (κ2) is 9.78. The van der Waals surface area contributed by atoms with Gasteiger partial charge in [0.1, 0.15) is 17.2 Å². The Kier molecular flexibility index (Phi) is 7.12. The second-order valence-corrected chi connectivity index (χ2v) is 7.24. The average Bonchev–Trinajstić information content (AvgIpc) is 2.74. The van der Waals surface area contributed by atoms with E-state index in [9.17, 15) is 22.0 Å². The summed E-state index contributed by atoms with van der Waals surface area (Å²) in [5, 5.41) is 0. The highest BCUT2D eigenvalue weighted by Crippen LogP contribution is 2.39. The molecule has 3 aromatic rings. The minimum absolute atomic E-state index is 0.155. The van der Waals surface area contributed by atoms with Crippen molar-refractivity contribution in [2.24, 2.45) is 0 Å². The molecule has 0 spiro atoms. The molecule has 0 aliphatic heterocycles. The van der Waals surface area contributed by atoms with Gasteiger partial charge in [-0.3, -0.25) is 0 Å². The van der Waals surface area contributed by atoms with Gasteiger partial charge in [0.15, 0.2) is 0 Å². The summed E-state index contributed by atoms with van der Waals surface area (Å²) in [6.07, 6.45) is -0.917. The van der Waals surface area contributed by atoms with Crippen molar-refractivity contribution in [1.29, 1.82) is 0 Å². The van der Waals surface area contributed by atoms with Crippen LogP contribution in [0.15, 0.2) is 60.7 Å². The fourth-order valence-electron chi connectivity index (χ4n) is 3.31. The second-order valence-electron chi connectivity index (χ2n) is 7.24. The van der Waals surface area contributed by atoms with Crippen LogP contribution in [0, 0.1) is 23.5 Å². The lowest BCUT2D eigenvalue weighted by Gasteiger charge is -2.15. The summed E-state index contributed by atoms with van der Waals surface area (Å²) >= 11 is 0. The lowest BCUT2D eigenvalue weighted by atomic mass is 9.97. The first-order valence-corrected chi connectivity index (χ1v) is 10.1.